The first-order valence-electron chi connectivity index (χ1n) is 5.65. The normalized spacial score (nSPS) is 9.64. The van der Waals surface area contributed by atoms with Gasteiger partial charge in [0, 0.05) is 24.3 Å². The number of nitrogens with zero attached hydrogens (tertiary/aromatic N) is 3. The fourth-order valence-corrected chi connectivity index (χ4v) is 1.92. The molecule has 2 rings (SSSR count). The number of pyridine rings is 1. The molecule has 0 saturated heterocycles. The van der Waals surface area contributed by atoms with Gasteiger partial charge in [0.1, 0.15) is 0 Å². The average molecular weight is 325 g/mol. The molecule has 0 spiro atoms. The van der Waals surface area contributed by atoms with Gasteiger partial charge < -0.3 is 18.1 Å². The van der Waals surface area contributed by atoms with Crippen LogP contribution in [0.3, 0.4) is 0 Å². The lowest BCUT2D eigenvalue weighted by Gasteiger charge is -2.02. The first-order chi connectivity index (χ1) is 9.93. The summed E-state index contributed by atoms with van der Waals surface area (Å²) in [5.41, 5.74) is 2.97. The first kappa shape index (κ1) is 17.0. The van der Waals surface area contributed by atoms with E-state index < -0.39 is 32.7 Å². The van der Waals surface area contributed by atoms with Gasteiger partial charge in [0.05, 0.1) is 9.85 Å². The van der Waals surface area contributed by atoms with Gasteiger partial charge in [-0.25, -0.2) is 0 Å². The van der Waals surface area contributed by atoms with E-state index in [1.165, 1.54) is 23.0 Å². The minimum absolute atomic E-state index is 0. The van der Waals surface area contributed by atoms with Gasteiger partial charge in [-0.3, -0.25) is 25.0 Å². The van der Waals surface area contributed by atoms with Crippen LogP contribution in [0.4, 0.5) is 11.4 Å². The number of halogens is 1. The number of nitro groups is 2. The molecule has 1 aromatic carbocycles. The number of hydrogen-bond acceptors (Lipinski definition) is 5. The number of hydrogen-bond donors (Lipinski definition) is 1. The number of benzene rings is 1. The molecule has 0 fully saturated rings. The Morgan fingerprint density at radius 2 is 1.64 bits per heavy atom. The molecule has 0 aliphatic carbocycles. The van der Waals surface area contributed by atoms with E-state index in [0.29, 0.717) is 0 Å². The van der Waals surface area contributed by atoms with Crippen LogP contribution in [0, 0.1) is 20.2 Å². The van der Waals surface area contributed by atoms with Crippen molar-refractivity contribution >= 4 is 17.3 Å². The van der Waals surface area contributed by atoms with E-state index in [0.717, 1.165) is 6.07 Å². The molecule has 1 heterocycles. The maximum atomic E-state index is 11.4. The molecule has 1 amide bonds. The number of amides is 1. The number of carbonyl (C=O) groups is 1. The topological polar surface area (TPSA) is 133 Å². The molecular weight excluding hydrogens is 316 g/mol. The lowest BCUT2D eigenvalue weighted by Crippen LogP contribution is -3.00. The highest BCUT2D eigenvalue weighted by molar-refractivity contribution is 6.02. The predicted molar refractivity (Wildman–Crippen MR) is 69.8 cm³/mol. The van der Waals surface area contributed by atoms with Crippen LogP contribution >= 0.6 is 0 Å². The van der Waals surface area contributed by atoms with Crippen LogP contribution in [0.15, 0.2) is 42.7 Å². The van der Waals surface area contributed by atoms with Crippen molar-refractivity contribution in [2.24, 2.45) is 5.73 Å². The minimum atomic E-state index is -1.23. The van der Waals surface area contributed by atoms with E-state index >= 15 is 0 Å². The summed E-state index contributed by atoms with van der Waals surface area (Å²) >= 11 is 0. The Morgan fingerprint density at radius 3 is 2.09 bits per heavy atom. The molecule has 10 heteroatoms. The van der Waals surface area contributed by atoms with E-state index in [1.807, 2.05) is 0 Å². The van der Waals surface area contributed by atoms with Gasteiger partial charge in [-0.05, 0) is 0 Å². The van der Waals surface area contributed by atoms with Crippen molar-refractivity contribution in [2.75, 3.05) is 0 Å². The molecule has 114 valence electrons. The van der Waals surface area contributed by atoms with E-state index in [1.54, 1.807) is 18.2 Å². The lowest BCUT2D eigenvalue weighted by molar-refractivity contribution is -0.601. The highest BCUT2D eigenvalue weighted by atomic mass is 35.5. The van der Waals surface area contributed by atoms with Crippen molar-refractivity contribution in [1.82, 2.24) is 0 Å². The standard InChI is InChI=1S/C12H8N4O5.ClH/c13-12(17)10-8(15(18)19)4-5-9(11(10)16(20)21)14-6-2-1-3-7-14;/h1-7H,(H-,13,17);1H. The van der Waals surface area contributed by atoms with Gasteiger partial charge in [-0.15, -0.1) is 0 Å². The number of nitro benzene ring substituents is 2. The van der Waals surface area contributed by atoms with Gasteiger partial charge in [-0.2, -0.15) is 4.57 Å². The van der Waals surface area contributed by atoms with Crippen molar-refractivity contribution in [1.29, 1.82) is 0 Å². The highest BCUT2D eigenvalue weighted by Crippen LogP contribution is 2.31. The number of primary amides is 1. The second-order valence-corrected chi connectivity index (χ2v) is 3.99. The van der Waals surface area contributed by atoms with Crippen molar-refractivity contribution < 1.29 is 31.6 Å². The summed E-state index contributed by atoms with van der Waals surface area (Å²) in [4.78, 5) is 31.9. The van der Waals surface area contributed by atoms with Crippen molar-refractivity contribution in [2.45, 2.75) is 0 Å². The molecule has 0 aliphatic heterocycles. The summed E-state index contributed by atoms with van der Waals surface area (Å²) in [6, 6.07) is 7.15. The second kappa shape index (κ2) is 6.59. The van der Waals surface area contributed by atoms with Crippen molar-refractivity contribution in [3.8, 4) is 5.69 Å². The van der Waals surface area contributed by atoms with Gasteiger partial charge in [-0.1, -0.05) is 6.07 Å². The first-order valence-corrected chi connectivity index (χ1v) is 5.65. The summed E-state index contributed by atoms with van der Waals surface area (Å²) in [5.74, 6) is -1.23. The Hall–Kier alpha value is -3.07. The van der Waals surface area contributed by atoms with Gasteiger partial charge >= 0.3 is 5.69 Å². The predicted octanol–water partition coefficient (Wildman–Crippen LogP) is -2.12. The Morgan fingerprint density at radius 1 is 1.05 bits per heavy atom. The van der Waals surface area contributed by atoms with Crippen LogP contribution in [0.2, 0.25) is 0 Å². The zero-order valence-corrected chi connectivity index (χ0v) is 11.6. The van der Waals surface area contributed by atoms with Gasteiger partial charge in [0.2, 0.25) is 5.56 Å². The summed E-state index contributed by atoms with van der Waals surface area (Å²) < 4.78 is 1.37. The summed E-state index contributed by atoms with van der Waals surface area (Å²) in [5, 5.41) is 22.2. The van der Waals surface area contributed by atoms with Crippen LogP contribution in [-0.4, -0.2) is 15.8 Å². The van der Waals surface area contributed by atoms with Gasteiger partial charge in [0.15, 0.2) is 12.4 Å². The Bertz CT molecular complexity index is 751. The Balaban J connectivity index is 0.00000242. The largest absolute Gasteiger partial charge is 1.00 e. The zero-order valence-electron chi connectivity index (χ0n) is 10.9. The molecule has 1 aromatic heterocycles. The molecular formula is C12H9ClN4O5. The molecule has 9 nitrogen and oxygen atoms in total. The highest BCUT2D eigenvalue weighted by Gasteiger charge is 2.36. The average Bonchev–Trinajstić information content (AvgIpc) is 2.46. The Labute approximate surface area is 129 Å². The Kier molecular flexibility index (Phi) is 5.09. The summed E-state index contributed by atoms with van der Waals surface area (Å²) in [7, 11) is 0. The molecule has 0 aliphatic rings. The third kappa shape index (κ3) is 2.99. The van der Waals surface area contributed by atoms with E-state index in [-0.39, 0.29) is 18.1 Å². The third-order valence-corrected chi connectivity index (χ3v) is 2.75. The maximum absolute atomic E-state index is 11.4. The monoisotopic (exact) mass is 324 g/mol. The van der Waals surface area contributed by atoms with E-state index in [9.17, 15) is 25.0 Å². The third-order valence-electron chi connectivity index (χ3n) is 2.75. The fraction of sp³-hybridized carbons (Fsp3) is 0. The van der Waals surface area contributed by atoms with E-state index in [2.05, 4.69) is 0 Å². The fourth-order valence-electron chi connectivity index (χ4n) is 1.92. The zero-order chi connectivity index (χ0) is 15.6. The van der Waals surface area contributed by atoms with Crippen LogP contribution in [0.1, 0.15) is 10.4 Å². The van der Waals surface area contributed by atoms with Crippen LogP contribution in [-0.2, 0) is 0 Å². The molecule has 2 aromatic rings. The van der Waals surface area contributed by atoms with Crippen LogP contribution < -0.4 is 22.7 Å². The van der Waals surface area contributed by atoms with Gasteiger partial charge in [0.25, 0.3) is 17.3 Å². The smallest absolute Gasteiger partial charge is 0.360 e. The molecule has 0 radical (unpaired) electrons. The van der Waals surface area contributed by atoms with Crippen LogP contribution in [0.25, 0.3) is 5.69 Å². The minimum Gasteiger partial charge on any atom is -1.00 e. The quantitative estimate of drug-likeness (QED) is 0.390. The second-order valence-electron chi connectivity index (χ2n) is 3.99. The summed E-state index contributed by atoms with van der Waals surface area (Å²) in [6.45, 7) is 0. The number of carbonyl (C=O) groups excluding carboxylic acids is 1. The molecule has 2 N–H and O–H groups in total. The number of aromatic nitrogens is 1. The van der Waals surface area contributed by atoms with E-state index in [4.69, 9.17) is 5.73 Å². The van der Waals surface area contributed by atoms with Crippen molar-refractivity contribution in [3.05, 3.63) is 68.5 Å². The molecule has 0 unspecified atom stereocenters. The molecule has 0 bridgehead atoms. The number of rotatable bonds is 4. The number of nitrogens with two attached hydrogens (primary N) is 1. The molecule has 0 saturated carbocycles. The maximum Gasteiger partial charge on any atom is 0.360 e. The molecule has 0 atom stereocenters. The summed E-state index contributed by atoms with van der Waals surface area (Å²) in [6.07, 6.45) is 3.03. The lowest BCUT2D eigenvalue weighted by atomic mass is 10.1. The van der Waals surface area contributed by atoms with Crippen molar-refractivity contribution in [3.63, 3.8) is 0 Å². The molecule has 22 heavy (non-hydrogen) atoms. The van der Waals surface area contributed by atoms with Crippen LogP contribution in [0.5, 0.6) is 0 Å². The SMILES string of the molecule is NC(=O)c1c([N+](=O)[O-])ccc(-[n+]2ccccc2)c1[N+](=O)[O-].[Cl-].